The van der Waals surface area contributed by atoms with Crippen LogP contribution < -0.4 is 0 Å². The van der Waals surface area contributed by atoms with Crippen LogP contribution in [-0.4, -0.2) is 81.6 Å². The molecule has 2 N–H and O–H groups in total. The topological polar surface area (TPSA) is 40.5 Å². The van der Waals surface area contributed by atoms with Gasteiger partial charge in [-0.2, -0.15) is 0 Å². The van der Waals surface area contributed by atoms with Gasteiger partial charge in [0.25, 0.3) is 0 Å². The average molecular weight is 321 g/mol. The zero-order valence-corrected chi connectivity index (χ0v) is 14.6. The number of hydrogen-bond acceptors (Lipinski definition) is 2. The van der Waals surface area contributed by atoms with Gasteiger partial charge in [-0.25, -0.2) is 0 Å². The third-order valence-corrected chi connectivity index (χ3v) is 3.83. The van der Waals surface area contributed by atoms with Crippen molar-refractivity contribution in [3.8, 4) is 11.5 Å². The Morgan fingerprint density at radius 1 is 0.692 bits per heavy atom. The molecule has 0 heterocycles. The average Bonchev–Trinajstić information content (AvgIpc) is 2.65. The number of hydrogen-bond donors (Lipinski definition) is 2. The second-order valence-electron chi connectivity index (χ2n) is 5.80. The molecule has 1 unspecified atom stereocenters. The molecule has 2 nitrogen and oxygen atoms in total. The van der Waals surface area contributed by atoms with Crippen LogP contribution in [0.4, 0.5) is 0 Å². The summed E-state index contributed by atoms with van der Waals surface area (Å²) in [5, 5.41) is 19.0. The molecule has 0 aliphatic rings. The zero-order valence-electron chi connectivity index (χ0n) is 14.6. The van der Waals surface area contributed by atoms with E-state index in [1.807, 2.05) is 66.6 Å². The van der Waals surface area contributed by atoms with Gasteiger partial charge in [0.05, 0.1) is 7.17 Å². The highest BCUT2D eigenvalue weighted by Gasteiger charge is 2.13. The summed E-state index contributed by atoms with van der Waals surface area (Å²) in [4.78, 5) is 0. The summed E-state index contributed by atoms with van der Waals surface area (Å²) in [6.45, 7) is 0. The van der Waals surface area contributed by atoms with Crippen LogP contribution in [0.5, 0.6) is 11.5 Å². The molecule has 12 heteroatoms. The van der Waals surface area contributed by atoms with E-state index in [-0.39, 0.29) is 17.3 Å². The van der Waals surface area contributed by atoms with E-state index in [2.05, 4.69) is 7.17 Å². The molecule has 2 aromatic carbocycles. The summed E-state index contributed by atoms with van der Waals surface area (Å²) in [5.41, 5.74) is 2.26. The molecular formula is C14H13B10O2. The van der Waals surface area contributed by atoms with E-state index in [9.17, 15) is 10.2 Å². The highest BCUT2D eigenvalue weighted by atomic mass is 16.3. The predicted octanol–water partition coefficient (Wildman–Crippen LogP) is -0.877. The van der Waals surface area contributed by atoms with Gasteiger partial charge in [0, 0.05) is 64.2 Å². The first-order valence-corrected chi connectivity index (χ1v) is 8.47. The maximum atomic E-state index is 9.51. The lowest BCUT2D eigenvalue weighted by atomic mass is 8.88. The number of aromatic hydroxyl groups is 2. The maximum Gasteiger partial charge on any atom is 0.115 e. The normalized spacial score (nSPS) is 10.8. The van der Waals surface area contributed by atoms with E-state index < -0.39 is 0 Å². The minimum absolute atomic E-state index is 0.167. The molecule has 2 rings (SSSR count). The monoisotopic (exact) mass is 323 g/mol. The highest BCUT2D eigenvalue weighted by molar-refractivity contribution is 7.68. The van der Waals surface area contributed by atoms with E-state index in [1.165, 1.54) is 7.06 Å². The Bertz CT molecular complexity index is 625. The molecule has 111 valence electrons. The number of phenols is 2. The van der Waals surface area contributed by atoms with Crippen LogP contribution in [-0.2, 0) is 6.42 Å². The van der Waals surface area contributed by atoms with E-state index >= 15 is 0 Å². The van der Waals surface area contributed by atoms with Crippen molar-refractivity contribution in [3.05, 3.63) is 59.7 Å². The lowest BCUT2D eigenvalue weighted by molar-refractivity contribution is 0.474. The fourth-order valence-electron chi connectivity index (χ4n) is 2.49. The predicted molar refractivity (Wildman–Crippen MR) is 120 cm³/mol. The fourth-order valence-corrected chi connectivity index (χ4v) is 2.49. The van der Waals surface area contributed by atoms with Crippen LogP contribution in [0.3, 0.4) is 0 Å². The van der Waals surface area contributed by atoms with Gasteiger partial charge >= 0.3 is 0 Å². The fraction of sp³-hybridized carbons (Fsp3) is 0.143. The van der Waals surface area contributed by atoms with E-state index in [0.717, 1.165) is 17.5 Å². The largest absolute Gasteiger partial charge is 0.508 e. The molecule has 11 radical (unpaired) electrons. The van der Waals surface area contributed by atoms with Crippen LogP contribution >= 0.6 is 0 Å². The first-order valence-electron chi connectivity index (χ1n) is 8.47. The third-order valence-electron chi connectivity index (χ3n) is 3.83. The van der Waals surface area contributed by atoms with E-state index in [4.69, 9.17) is 7.74 Å². The highest BCUT2D eigenvalue weighted by Crippen LogP contribution is 2.23. The molecule has 0 spiro atoms. The molecule has 2 aromatic rings. The van der Waals surface area contributed by atoms with Crippen molar-refractivity contribution in [2.24, 2.45) is 0 Å². The van der Waals surface area contributed by atoms with Crippen molar-refractivity contribution in [1.82, 2.24) is 0 Å². The molecule has 0 bridgehead atoms. The number of benzene rings is 2. The Hall–Kier alpha value is -1.31. The van der Waals surface area contributed by atoms with Crippen LogP contribution in [0.15, 0.2) is 48.5 Å². The lowest BCUT2D eigenvalue weighted by Gasteiger charge is -2.17. The first-order chi connectivity index (χ1) is 12.7. The molecule has 1 atom stereocenters. The Morgan fingerprint density at radius 3 is 1.77 bits per heavy atom. The molecule has 0 amide bonds. The summed E-state index contributed by atoms with van der Waals surface area (Å²) in [5.74, 6) is 0.691. The van der Waals surface area contributed by atoms with Crippen molar-refractivity contribution in [3.63, 3.8) is 0 Å². The quantitative estimate of drug-likeness (QED) is 0.394. The minimum Gasteiger partial charge on any atom is -0.508 e. The molecule has 0 saturated carbocycles. The van der Waals surface area contributed by atoms with E-state index in [1.54, 1.807) is 31.3 Å². The summed E-state index contributed by atoms with van der Waals surface area (Å²) in [6.07, 6.45) is 0.806. The third kappa shape index (κ3) is 7.93. The van der Waals surface area contributed by atoms with Crippen molar-refractivity contribution < 1.29 is 10.2 Å². The first kappa shape index (κ1) is 21.0. The molecule has 0 aromatic heterocycles. The van der Waals surface area contributed by atoms with Gasteiger partial charge < -0.3 is 10.2 Å². The summed E-state index contributed by atoms with van der Waals surface area (Å²) >= 11 is 0. The van der Waals surface area contributed by atoms with Gasteiger partial charge in [0.2, 0.25) is 0 Å². The van der Waals surface area contributed by atoms with Crippen LogP contribution in [0.2, 0.25) is 0 Å². The Kier molecular flexibility index (Phi) is 9.81. The molecule has 0 aliphatic heterocycles. The Balaban J connectivity index is 1.85. The van der Waals surface area contributed by atoms with Crippen molar-refractivity contribution in [2.75, 3.05) is 0 Å². The van der Waals surface area contributed by atoms with Gasteiger partial charge in [-0.3, -0.25) is 0 Å². The second-order valence-corrected chi connectivity index (χ2v) is 5.80. The van der Waals surface area contributed by atoms with Crippen LogP contribution in [0.25, 0.3) is 0 Å². The van der Waals surface area contributed by atoms with Crippen molar-refractivity contribution in [1.29, 1.82) is 0 Å². The second kappa shape index (κ2) is 12.1. The van der Waals surface area contributed by atoms with Gasteiger partial charge in [0.15, 0.2) is 0 Å². The standard InChI is InChI=1S/C14H13B10O2/c15-17-19-21-23-24-22-20-18-16-14(11-3-7-13(26)8-4-11)9-10-1-5-12(25)6-2-10/h1-8,14,25-26H,9H2. The molecule has 26 heavy (non-hydrogen) atoms. The Labute approximate surface area is 165 Å². The maximum absolute atomic E-state index is 9.51. The minimum atomic E-state index is 0.167. The van der Waals surface area contributed by atoms with Crippen LogP contribution in [0.1, 0.15) is 16.9 Å². The van der Waals surface area contributed by atoms with Gasteiger partial charge in [-0.05, 0) is 42.1 Å². The van der Waals surface area contributed by atoms with Gasteiger partial charge in [0.1, 0.15) is 11.5 Å². The van der Waals surface area contributed by atoms with Crippen molar-refractivity contribution >= 4 is 71.4 Å². The number of rotatable bonds is 12. The summed E-state index contributed by atoms with van der Waals surface area (Å²) in [6, 6.07) is 14.5. The summed E-state index contributed by atoms with van der Waals surface area (Å²) < 4.78 is 0. The van der Waals surface area contributed by atoms with Gasteiger partial charge in [-0.1, -0.05) is 29.8 Å². The lowest BCUT2D eigenvalue weighted by Crippen LogP contribution is -2.33. The molecular weight excluding hydrogens is 308 g/mol. The summed E-state index contributed by atoms with van der Waals surface area (Å²) in [7, 11) is 22.3. The smallest absolute Gasteiger partial charge is 0.115 e. The SMILES string of the molecule is [B][B][B][B][B][B][B][B][B][B]C(Cc1ccc(O)cc1)c1ccc(O)cc1. The molecule has 0 aliphatic carbocycles. The number of phenolic OH excluding ortho intramolecular Hbond substituents is 2. The van der Waals surface area contributed by atoms with Gasteiger partial charge in [-0.15, -0.1) is 0 Å². The Morgan fingerprint density at radius 2 is 1.19 bits per heavy atom. The zero-order chi connectivity index (χ0) is 18.6. The molecule has 0 saturated heterocycles. The van der Waals surface area contributed by atoms with E-state index in [0.29, 0.717) is 0 Å². The van der Waals surface area contributed by atoms with Crippen molar-refractivity contribution in [2.45, 2.75) is 12.2 Å². The van der Waals surface area contributed by atoms with Crippen LogP contribution in [0, 0.1) is 0 Å². The molecule has 0 fully saturated rings.